The van der Waals surface area contributed by atoms with Crippen LogP contribution in [-0.4, -0.2) is 47.9 Å². The van der Waals surface area contributed by atoms with Crippen LogP contribution < -0.4 is 18.9 Å². The summed E-state index contributed by atoms with van der Waals surface area (Å²) in [7, 11) is 0. The fourth-order valence-corrected chi connectivity index (χ4v) is 11.4. The zero-order valence-electron chi connectivity index (χ0n) is 69.5. The first-order valence-electron chi connectivity index (χ1n) is 38.4. The lowest BCUT2D eigenvalue weighted by Crippen LogP contribution is -2.12. The van der Waals surface area contributed by atoms with Gasteiger partial charge < -0.3 is 33.2 Å². The largest absolute Gasteiger partial charge is 0.483 e. The molecule has 7 nitrogen and oxygen atoms in total. The average Bonchev–Trinajstić information content (AvgIpc) is 0.885. The maximum Gasteiger partial charge on any atom is 0.169 e. The van der Waals surface area contributed by atoms with Gasteiger partial charge in [0.1, 0.15) is 42.8 Å². The van der Waals surface area contributed by atoms with E-state index in [9.17, 15) is 0 Å². The highest BCUT2D eigenvalue weighted by Gasteiger charge is 2.07. The number of hydrogen-bond acceptors (Lipinski definition) is 20. The smallest absolute Gasteiger partial charge is 0.169 e. The summed E-state index contributed by atoms with van der Waals surface area (Å²) >= 11 is 55.0. The van der Waals surface area contributed by atoms with Gasteiger partial charge >= 0.3 is 0 Å². The van der Waals surface area contributed by atoms with E-state index >= 15 is 0 Å². The van der Waals surface area contributed by atoms with E-state index in [1.54, 1.807) is 49.1 Å². The Morgan fingerprint density at radius 3 is 0.863 bits per heavy atom. The summed E-state index contributed by atoms with van der Waals surface area (Å²) in [5.74, 6) is 7.38. The van der Waals surface area contributed by atoms with Crippen LogP contribution in [0, 0.1) is 17.8 Å². The van der Waals surface area contributed by atoms with E-state index in [0.29, 0.717) is 72.9 Å². The predicted molar refractivity (Wildman–Crippen MR) is 548 cm³/mol. The van der Waals surface area contributed by atoms with Crippen LogP contribution in [0.25, 0.3) is 0 Å². The summed E-state index contributed by atoms with van der Waals surface area (Å²) in [6.07, 6.45) is 4.47. The Morgan fingerprint density at radius 1 is 0.274 bits per heavy atom. The Morgan fingerprint density at radius 2 is 0.564 bits per heavy atom. The number of thioether (sulfide) groups is 3. The molecule has 10 aromatic rings. The summed E-state index contributed by atoms with van der Waals surface area (Å²) < 4.78 is 40.3. The molecule has 0 spiro atoms. The van der Waals surface area contributed by atoms with Gasteiger partial charge in [0, 0.05) is 70.6 Å². The van der Waals surface area contributed by atoms with E-state index in [2.05, 4.69) is 100 Å². The van der Waals surface area contributed by atoms with Gasteiger partial charge in [-0.15, -0.1) is 35.3 Å². The Hall–Kier alpha value is -7.25. The molecule has 0 amide bonds. The van der Waals surface area contributed by atoms with Gasteiger partial charge in [-0.1, -0.05) is 361 Å². The molecule has 10 aromatic carbocycles. The normalized spacial score (nSPS) is 9.61. The van der Waals surface area contributed by atoms with Crippen LogP contribution in [0.4, 0.5) is 0 Å². The van der Waals surface area contributed by atoms with Crippen molar-refractivity contribution in [3.05, 3.63) is 337 Å². The van der Waals surface area contributed by atoms with Crippen LogP contribution in [0.1, 0.15) is 155 Å². The Kier molecular flexibility index (Phi) is 66.0. The standard InChI is InChI=1S/C11H14OS.C11H14S2.3C10H12OS.C10H12S2.2C9H10OS.C9H10S2.C8H8OS/c1-9(2)11(13)12-8-10-6-4-3-5-7-10;1-9(2)11(12)13-8-10-6-4-3-5-7-10;1-8(2)10(12)11-9-6-4-3-5-7-9;1-2-10(12)11-8-9-6-4-3-5-7-9;1-2-6-10(12)11-9-7-4-3-5-8-9;1-2-10(11)12-8-9-6-4-3-5-7-9;1-8(11)10-7-9-5-3-2-4-6-9;1-2-9(11)10-8-6-4-3-5-7-8;1-8(10)11-7-9-5-3-2-4-6-9;1-7(10)9-8-5-3-2-4-6-8/h2*3-7,9H,8H2,1-2H3;3-8H,1-2H3;3-7H,2,8H2,1H3;3-5,7-8H,2,6H2,1H3;3-7H,2,8H2,1H3;2-6H,7H2,1H3;3-7H,2H2,1H3;2-6H,7H2,1H3;2-6H,1H3. The van der Waals surface area contributed by atoms with E-state index in [1.165, 1.54) is 16.7 Å². The maximum atomic E-state index is 5.42. The average molecular weight is 1810 g/mol. The molecule has 0 N–H and O–H groups in total. The number of thiocarbonyl (C=S) groups is 10. The zero-order valence-corrected chi connectivity index (χ0v) is 80.2. The minimum absolute atomic E-state index is 0.292. The van der Waals surface area contributed by atoms with Crippen molar-refractivity contribution in [1.82, 2.24) is 0 Å². The molecule has 622 valence electrons. The number of para-hydroxylation sites is 4. The van der Waals surface area contributed by atoms with Crippen LogP contribution in [0.2, 0.25) is 0 Å². The highest BCUT2D eigenvalue weighted by atomic mass is 32.2. The Balaban J connectivity index is 0.000000650. The van der Waals surface area contributed by atoms with Crippen molar-refractivity contribution in [3.8, 4) is 23.0 Å². The molecule has 0 aliphatic rings. The van der Waals surface area contributed by atoms with Crippen molar-refractivity contribution in [2.45, 2.75) is 159 Å². The Bertz CT molecular complexity index is 4100. The zero-order chi connectivity index (χ0) is 86.5. The number of hydrogen-bond donors (Lipinski definition) is 0. The number of ether oxygens (including phenoxy) is 7. The summed E-state index contributed by atoms with van der Waals surface area (Å²) in [6.45, 7) is 27.8. The molecule has 0 aliphatic heterocycles. The molecule has 117 heavy (non-hydrogen) atoms. The van der Waals surface area contributed by atoms with Gasteiger partial charge in [-0.3, -0.25) is 0 Å². The highest BCUT2D eigenvalue weighted by molar-refractivity contribution is 8.23. The molecule has 0 unspecified atom stereocenters. The molecule has 20 heteroatoms. The summed E-state index contributed by atoms with van der Waals surface area (Å²) in [4.78, 5) is 0. The van der Waals surface area contributed by atoms with E-state index in [1.807, 2.05) is 279 Å². The first-order valence-corrected chi connectivity index (χ1v) is 45.5. The quantitative estimate of drug-likeness (QED) is 0.0539. The second-order valence-corrected chi connectivity index (χ2v) is 34.4. The van der Waals surface area contributed by atoms with E-state index in [0.717, 1.165) is 102 Å². The molecule has 0 aliphatic carbocycles. The third-order valence-corrected chi connectivity index (χ3v) is 21.6. The molecule has 0 fully saturated rings. The summed E-state index contributed by atoms with van der Waals surface area (Å²) in [5, 5.41) is 4.45. The van der Waals surface area contributed by atoms with E-state index in [4.69, 9.17) is 155 Å². The van der Waals surface area contributed by atoms with Crippen LogP contribution in [0.3, 0.4) is 0 Å². The molecule has 0 radical (unpaired) electrons. The molecular formula is C97H114O7S13. The lowest BCUT2D eigenvalue weighted by molar-refractivity contribution is 0.283. The second kappa shape index (κ2) is 71.6. The number of benzene rings is 10. The monoisotopic (exact) mass is 1810 g/mol. The fourth-order valence-electron chi connectivity index (χ4n) is 7.93. The third-order valence-electron chi connectivity index (χ3n) is 14.2. The van der Waals surface area contributed by atoms with Crippen LogP contribution in [-0.2, 0) is 51.3 Å². The van der Waals surface area contributed by atoms with Crippen LogP contribution in [0.15, 0.2) is 303 Å². The first-order chi connectivity index (χ1) is 56.3. The predicted octanol–water partition coefficient (Wildman–Crippen LogP) is 31.0. The minimum atomic E-state index is 0.292. The van der Waals surface area contributed by atoms with Gasteiger partial charge in [0.2, 0.25) is 0 Å². The van der Waals surface area contributed by atoms with Crippen molar-refractivity contribution in [2.75, 3.05) is 0 Å². The van der Waals surface area contributed by atoms with Crippen molar-refractivity contribution >= 4 is 205 Å². The molecule has 10 rings (SSSR count). The topological polar surface area (TPSA) is 64.6 Å². The molecular weight excluding hydrogens is 1690 g/mol. The van der Waals surface area contributed by atoms with Crippen molar-refractivity contribution in [1.29, 1.82) is 0 Å². The van der Waals surface area contributed by atoms with Crippen LogP contribution >= 0.6 is 157 Å². The van der Waals surface area contributed by atoms with Gasteiger partial charge in [0.15, 0.2) is 35.4 Å². The van der Waals surface area contributed by atoms with Gasteiger partial charge in [0.25, 0.3) is 0 Å². The van der Waals surface area contributed by atoms with Gasteiger partial charge in [-0.2, -0.15) is 0 Å². The summed E-state index contributed by atoms with van der Waals surface area (Å²) in [6, 6.07) is 99.6. The molecule has 0 heterocycles. The fraction of sp³-hybridized carbons (Fsp3) is 0.278. The molecule has 0 aromatic heterocycles. The van der Waals surface area contributed by atoms with E-state index < -0.39 is 0 Å². The maximum absolute atomic E-state index is 5.42. The summed E-state index contributed by atoms with van der Waals surface area (Å²) in [5.41, 5.74) is 7.49. The minimum Gasteiger partial charge on any atom is -0.483 e. The van der Waals surface area contributed by atoms with Crippen molar-refractivity contribution in [3.63, 3.8) is 0 Å². The molecule has 0 saturated carbocycles. The first kappa shape index (κ1) is 108. The Labute approximate surface area is 767 Å². The van der Waals surface area contributed by atoms with Crippen LogP contribution in [0.5, 0.6) is 23.0 Å². The third kappa shape index (κ3) is 63.5. The SMILES string of the molecule is CC(=S)OCc1ccccc1.CC(=S)Oc1ccccc1.CC(=S)SCc1ccccc1.CC(C)C(=S)OCc1ccccc1.CC(C)C(=S)Oc1ccccc1.CC(C)C(=S)SCc1ccccc1.CCC(=S)OCc1ccccc1.CCC(=S)Oc1ccccc1.CCC(=S)SCc1ccccc1.CCCC(=S)Oc1ccccc1. The molecule has 0 bridgehead atoms. The highest BCUT2D eigenvalue weighted by Crippen LogP contribution is 2.20. The lowest BCUT2D eigenvalue weighted by atomic mass is 10.2. The van der Waals surface area contributed by atoms with E-state index in [-0.39, 0.29) is 0 Å². The molecule has 0 atom stereocenters. The lowest BCUT2D eigenvalue weighted by Gasteiger charge is -2.09. The van der Waals surface area contributed by atoms with Gasteiger partial charge in [-0.25, -0.2) is 0 Å². The molecule has 0 saturated heterocycles. The van der Waals surface area contributed by atoms with Crippen molar-refractivity contribution in [2.24, 2.45) is 17.8 Å². The second-order valence-electron chi connectivity index (χ2n) is 25.5. The van der Waals surface area contributed by atoms with Gasteiger partial charge in [0.05, 0.1) is 4.20 Å². The van der Waals surface area contributed by atoms with Crippen molar-refractivity contribution < 1.29 is 33.2 Å². The van der Waals surface area contributed by atoms with Gasteiger partial charge in [-0.05, 0) is 193 Å². The number of rotatable bonds is 24.